The third-order valence-electron chi connectivity index (χ3n) is 1.65. The second-order valence-corrected chi connectivity index (χ2v) is 3.81. The fourth-order valence-corrected chi connectivity index (χ4v) is 0.983. The molecule has 0 aliphatic rings. The minimum atomic E-state index is 0.170. The summed E-state index contributed by atoms with van der Waals surface area (Å²) in [6, 6.07) is 0. The minimum absolute atomic E-state index is 0.170. The van der Waals surface area contributed by atoms with E-state index in [0.29, 0.717) is 0 Å². The largest absolute Gasteiger partial charge is 0.306 e. The van der Waals surface area contributed by atoms with Gasteiger partial charge in [-0.05, 0) is 6.42 Å². The molecule has 12 heavy (non-hydrogen) atoms. The zero-order valence-electron chi connectivity index (χ0n) is 8.65. The number of nitrogens with one attached hydrogen (secondary N) is 1. The van der Waals surface area contributed by atoms with Gasteiger partial charge in [-0.1, -0.05) is 33.8 Å². The van der Waals surface area contributed by atoms with Crippen molar-refractivity contribution in [3.8, 4) is 0 Å². The number of hydrazone groups is 1. The molecule has 0 aliphatic heterocycles. The van der Waals surface area contributed by atoms with Gasteiger partial charge < -0.3 is 5.43 Å². The fourth-order valence-electron chi connectivity index (χ4n) is 0.983. The molecule has 70 valence electrons. The first-order valence-electron chi connectivity index (χ1n) is 4.43. The molecule has 1 N–H and O–H groups in total. The van der Waals surface area contributed by atoms with Gasteiger partial charge >= 0.3 is 0 Å². The second kappa shape index (κ2) is 4.96. The average molecular weight is 168 g/mol. The summed E-state index contributed by atoms with van der Waals surface area (Å²) in [5, 5.41) is 4.30. The van der Waals surface area contributed by atoms with Crippen LogP contribution in [-0.2, 0) is 0 Å². The van der Waals surface area contributed by atoms with Crippen LogP contribution in [0.4, 0.5) is 0 Å². The number of rotatable bonds is 4. The molecule has 0 heterocycles. The lowest BCUT2D eigenvalue weighted by Gasteiger charge is -2.20. The maximum Gasteiger partial charge on any atom is 0.0507 e. The molecular formula is C10H20N2. The van der Waals surface area contributed by atoms with Crippen LogP contribution < -0.4 is 5.43 Å². The van der Waals surface area contributed by atoms with Gasteiger partial charge in [0.25, 0.3) is 0 Å². The quantitative estimate of drug-likeness (QED) is 0.297. The molecule has 0 radical (unpaired) electrons. The molecule has 0 rings (SSSR count). The smallest absolute Gasteiger partial charge is 0.0507 e. The highest BCUT2D eigenvalue weighted by molar-refractivity contribution is 5.88. The summed E-state index contributed by atoms with van der Waals surface area (Å²) in [5.74, 6) is 0. The average Bonchev–Trinajstić information content (AvgIpc) is 1.95. The highest BCUT2D eigenvalue weighted by Crippen LogP contribution is 2.17. The Kier molecular flexibility index (Phi) is 4.64. The molecule has 0 aromatic heterocycles. The third kappa shape index (κ3) is 4.16. The first-order chi connectivity index (χ1) is 5.52. The van der Waals surface area contributed by atoms with E-state index in [1.807, 2.05) is 0 Å². The molecule has 2 nitrogen and oxygen atoms in total. The first-order valence-corrected chi connectivity index (χ1v) is 4.43. The highest BCUT2D eigenvalue weighted by Gasteiger charge is 2.16. The summed E-state index contributed by atoms with van der Waals surface area (Å²) < 4.78 is 0. The lowest BCUT2D eigenvalue weighted by Crippen LogP contribution is -2.22. The Morgan fingerprint density at radius 3 is 2.42 bits per heavy atom. The van der Waals surface area contributed by atoms with E-state index in [-0.39, 0.29) is 5.41 Å². The van der Waals surface area contributed by atoms with Crippen molar-refractivity contribution in [2.24, 2.45) is 10.5 Å². The van der Waals surface area contributed by atoms with E-state index in [9.17, 15) is 0 Å². The monoisotopic (exact) mass is 168 g/mol. The normalized spacial score (nSPS) is 12.8. The molecule has 0 aromatic rings. The van der Waals surface area contributed by atoms with Gasteiger partial charge in [-0.25, -0.2) is 0 Å². The van der Waals surface area contributed by atoms with Crippen molar-refractivity contribution >= 4 is 5.71 Å². The maximum absolute atomic E-state index is 4.30. The van der Waals surface area contributed by atoms with Gasteiger partial charge in [-0.3, -0.25) is 0 Å². The van der Waals surface area contributed by atoms with Gasteiger partial charge in [-0.2, -0.15) is 5.10 Å². The van der Waals surface area contributed by atoms with Gasteiger partial charge in [0.05, 0.1) is 6.54 Å². The summed E-state index contributed by atoms with van der Waals surface area (Å²) in [6.07, 6.45) is 2.80. The minimum Gasteiger partial charge on any atom is -0.306 e. The van der Waals surface area contributed by atoms with Crippen molar-refractivity contribution in [3.63, 3.8) is 0 Å². The second-order valence-electron chi connectivity index (χ2n) is 3.81. The van der Waals surface area contributed by atoms with Crippen LogP contribution in [0.2, 0.25) is 0 Å². The first kappa shape index (κ1) is 11.2. The van der Waals surface area contributed by atoms with Crippen molar-refractivity contribution < 1.29 is 0 Å². The summed E-state index contributed by atoms with van der Waals surface area (Å²) in [7, 11) is 0. The predicted octanol–water partition coefficient (Wildman–Crippen LogP) is 2.57. The molecule has 0 bridgehead atoms. The SMILES string of the molecule is C=CCNN=C(CC)C(C)(C)C. The van der Waals surface area contributed by atoms with Crippen LogP contribution in [0, 0.1) is 5.41 Å². The van der Waals surface area contributed by atoms with Crippen molar-refractivity contribution in [2.75, 3.05) is 6.54 Å². The Morgan fingerprint density at radius 2 is 2.08 bits per heavy atom. The van der Waals surface area contributed by atoms with Crippen LogP contribution in [-0.4, -0.2) is 12.3 Å². The molecule has 0 amide bonds. The van der Waals surface area contributed by atoms with E-state index in [2.05, 4.69) is 44.8 Å². The molecule has 0 atom stereocenters. The lowest BCUT2D eigenvalue weighted by molar-refractivity contribution is 0.570. The number of hydrogen-bond donors (Lipinski definition) is 1. The van der Waals surface area contributed by atoms with Gasteiger partial charge in [0.1, 0.15) is 0 Å². The van der Waals surface area contributed by atoms with Crippen LogP contribution in [0.15, 0.2) is 17.8 Å². The Labute approximate surface area is 75.7 Å². The summed E-state index contributed by atoms with van der Waals surface area (Å²) >= 11 is 0. The summed E-state index contributed by atoms with van der Waals surface area (Å²) in [5.41, 5.74) is 4.33. The van der Waals surface area contributed by atoms with Crippen molar-refractivity contribution in [1.29, 1.82) is 0 Å². The Balaban J connectivity index is 4.14. The van der Waals surface area contributed by atoms with Crippen molar-refractivity contribution in [3.05, 3.63) is 12.7 Å². The van der Waals surface area contributed by atoms with E-state index in [0.717, 1.165) is 13.0 Å². The summed E-state index contributed by atoms with van der Waals surface area (Å²) in [6.45, 7) is 13.0. The molecule has 0 aliphatic carbocycles. The van der Waals surface area contributed by atoms with E-state index >= 15 is 0 Å². The highest BCUT2D eigenvalue weighted by atomic mass is 15.3. The van der Waals surface area contributed by atoms with Crippen LogP contribution in [0.1, 0.15) is 34.1 Å². The maximum atomic E-state index is 4.30. The van der Waals surface area contributed by atoms with E-state index in [4.69, 9.17) is 0 Å². The Hall–Kier alpha value is -0.790. The van der Waals surface area contributed by atoms with Crippen molar-refractivity contribution in [2.45, 2.75) is 34.1 Å². The summed E-state index contributed by atoms with van der Waals surface area (Å²) in [4.78, 5) is 0. The van der Waals surface area contributed by atoms with Gasteiger partial charge in [0.2, 0.25) is 0 Å². The predicted molar refractivity (Wildman–Crippen MR) is 55.4 cm³/mol. The van der Waals surface area contributed by atoms with Crippen LogP contribution in [0.3, 0.4) is 0 Å². The number of hydrogen-bond acceptors (Lipinski definition) is 2. The zero-order valence-corrected chi connectivity index (χ0v) is 8.65. The van der Waals surface area contributed by atoms with E-state index < -0.39 is 0 Å². The molecule has 0 unspecified atom stereocenters. The fraction of sp³-hybridized carbons (Fsp3) is 0.700. The third-order valence-corrected chi connectivity index (χ3v) is 1.65. The number of nitrogens with zero attached hydrogens (tertiary/aromatic N) is 1. The van der Waals surface area contributed by atoms with Gasteiger partial charge in [0, 0.05) is 11.1 Å². The van der Waals surface area contributed by atoms with E-state index in [1.54, 1.807) is 6.08 Å². The zero-order chi connectivity index (χ0) is 9.61. The molecule has 0 saturated carbocycles. The molecule has 0 saturated heterocycles. The topological polar surface area (TPSA) is 24.4 Å². The van der Waals surface area contributed by atoms with E-state index in [1.165, 1.54) is 5.71 Å². The lowest BCUT2D eigenvalue weighted by atomic mass is 9.88. The molecular weight excluding hydrogens is 148 g/mol. The van der Waals surface area contributed by atoms with Crippen LogP contribution >= 0.6 is 0 Å². The Bertz CT molecular complexity index is 163. The molecule has 0 fully saturated rings. The molecule has 0 spiro atoms. The van der Waals surface area contributed by atoms with Gasteiger partial charge in [0.15, 0.2) is 0 Å². The van der Waals surface area contributed by atoms with Crippen LogP contribution in [0.25, 0.3) is 0 Å². The molecule has 0 aromatic carbocycles. The van der Waals surface area contributed by atoms with Crippen molar-refractivity contribution in [1.82, 2.24) is 5.43 Å². The van der Waals surface area contributed by atoms with Gasteiger partial charge in [-0.15, -0.1) is 6.58 Å². The Morgan fingerprint density at radius 1 is 1.50 bits per heavy atom. The standard InChI is InChI=1S/C10H20N2/c1-6-8-11-12-9(7-2)10(3,4)5/h6,11H,1,7-8H2,2-5H3. The van der Waals surface area contributed by atoms with Crippen LogP contribution in [0.5, 0.6) is 0 Å². The molecule has 2 heteroatoms.